The molecule has 5 nitrogen and oxygen atoms in total. The predicted molar refractivity (Wildman–Crippen MR) is 63.8 cm³/mol. The lowest BCUT2D eigenvalue weighted by Crippen LogP contribution is -2.43. The number of nitrogens with zero attached hydrogens (tertiary/aromatic N) is 1. The monoisotopic (exact) mass is 238 g/mol. The van der Waals surface area contributed by atoms with Crippen LogP contribution < -0.4 is 5.32 Å². The number of aryl methyl sites for hydroxylation is 2. The fraction of sp³-hybridized carbons (Fsp3) is 0.500. The Bertz CT molecular complexity index is 416. The highest BCUT2D eigenvalue weighted by atomic mass is 16.3. The average Bonchev–Trinajstić information content (AvgIpc) is 2.26. The Morgan fingerprint density at radius 1 is 1.47 bits per heavy atom. The van der Waals surface area contributed by atoms with Gasteiger partial charge in [0, 0.05) is 12.2 Å². The molecule has 0 aromatic carbocycles. The van der Waals surface area contributed by atoms with Gasteiger partial charge in [-0.25, -0.2) is 0 Å². The average molecular weight is 238 g/mol. The Kier molecular flexibility index (Phi) is 4.20. The highest BCUT2D eigenvalue weighted by Crippen LogP contribution is 2.07. The first-order chi connectivity index (χ1) is 7.85. The van der Waals surface area contributed by atoms with Gasteiger partial charge in [-0.05, 0) is 32.9 Å². The topological polar surface area (TPSA) is 82.5 Å². The lowest BCUT2D eigenvalue weighted by Gasteiger charge is -2.20. The number of hydrogen-bond acceptors (Lipinski definition) is 4. The molecule has 0 aliphatic carbocycles. The molecule has 3 N–H and O–H groups in total. The molecule has 0 fully saturated rings. The minimum atomic E-state index is -1.30. The second-order valence-corrected chi connectivity index (χ2v) is 4.42. The summed E-state index contributed by atoms with van der Waals surface area (Å²) in [5, 5.41) is 21.0. The summed E-state index contributed by atoms with van der Waals surface area (Å²) in [6.07, 6.45) is 0. The van der Waals surface area contributed by atoms with Crippen molar-refractivity contribution in [3.05, 3.63) is 29.1 Å². The second kappa shape index (κ2) is 5.25. The van der Waals surface area contributed by atoms with E-state index in [1.807, 2.05) is 6.92 Å². The highest BCUT2D eigenvalue weighted by Gasteiger charge is 2.20. The van der Waals surface area contributed by atoms with Crippen LogP contribution in [0, 0.1) is 13.8 Å². The Morgan fingerprint density at radius 3 is 2.65 bits per heavy atom. The zero-order chi connectivity index (χ0) is 13.1. The summed E-state index contributed by atoms with van der Waals surface area (Å²) in [4.78, 5) is 16.0. The standard InChI is InChI=1S/C12H18N2O3/c1-8-4-5-10(9(2)14-8)11(16)13-6-12(3,17)7-15/h4-5,15,17H,6-7H2,1-3H3,(H,13,16). The number of pyridine rings is 1. The van der Waals surface area contributed by atoms with Gasteiger partial charge in [0.1, 0.15) is 5.60 Å². The summed E-state index contributed by atoms with van der Waals surface area (Å²) in [6, 6.07) is 3.45. The molecule has 1 aromatic rings. The molecule has 0 bridgehead atoms. The van der Waals surface area contributed by atoms with E-state index in [-0.39, 0.29) is 12.5 Å². The SMILES string of the molecule is Cc1ccc(C(=O)NCC(C)(O)CO)c(C)n1. The molecule has 1 rings (SSSR count). The minimum absolute atomic E-state index is 0.00432. The number of amides is 1. The molecule has 1 aromatic heterocycles. The minimum Gasteiger partial charge on any atom is -0.393 e. The molecule has 1 heterocycles. The van der Waals surface area contributed by atoms with Crippen molar-refractivity contribution in [1.82, 2.24) is 10.3 Å². The van der Waals surface area contributed by atoms with Crippen molar-refractivity contribution in [2.75, 3.05) is 13.2 Å². The summed E-state index contributed by atoms with van der Waals surface area (Å²) in [6.45, 7) is 4.65. The molecule has 94 valence electrons. The molecule has 1 unspecified atom stereocenters. The molecule has 0 aliphatic heterocycles. The van der Waals surface area contributed by atoms with Crippen LogP contribution in [0.3, 0.4) is 0 Å². The van der Waals surface area contributed by atoms with E-state index < -0.39 is 12.2 Å². The molecular weight excluding hydrogens is 220 g/mol. The molecule has 0 saturated carbocycles. The van der Waals surface area contributed by atoms with Gasteiger partial charge in [0.2, 0.25) is 0 Å². The third-order valence-corrected chi connectivity index (χ3v) is 2.44. The number of carbonyl (C=O) groups excluding carboxylic acids is 1. The van der Waals surface area contributed by atoms with Crippen LogP contribution in [0.5, 0.6) is 0 Å². The largest absolute Gasteiger partial charge is 0.393 e. The van der Waals surface area contributed by atoms with Crippen LogP contribution in [-0.4, -0.2) is 39.9 Å². The zero-order valence-corrected chi connectivity index (χ0v) is 10.3. The molecule has 17 heavy (non-hydrogen) atoms. The van der Waals surface area contributed by atoms with Crippen molar-refractivity contribution in [2.24, 2.45) is 0 Å². The molecular formula is C12H18N2O3. The number of carbonyl (C=O) groups is 1. The highest BCUT2D eigenvalue weighted by molar-refractivity contribution is 5.95. The Hall–Kier alpha value is -1.46. The van der Waals surface area contributed by atoms with Crippen molar-refractivity contribution < 1.29 is 15.0 Å². The number of rotatable bonds is 4. The van der Waals surface area contributed by atoms with Gasteiger partial charge >= 0.3 is 0 Å². The van der Waals surface area contributed by atoms with E-state index in [0.29, 0.717) is 11.3 Å². The Labute approximate surface area is 101 Å². The molecule has 0 radical (unpaired) electrons. The summed E-state index contributed by atoms with van der Waals surface area (Å²) in [7, 11) is 0. The van der Waals surface area contributed by atoms with Gasteiger partial charge in [-0.1, -0.05) is 0 Å². The van der Waals surface area contributed by atoms with E-state index in [0.717, 1.165) is 5.69 Å². The second-order valence-electron chi connectivity index (χ2n) is 4.42. The first-order valence-corrected chi connectivity index (χ1v) is 5.41. The maximum Gasteiger partial charge on any atom is 0.253 e. The third kappa shape index (κ3) is 3.80. The Morgan fingerprint density at radius 2 is 2.12 bits per heavy atom. The van der Waals surface area contributed by atoms with Crippen LogP contribution in [-0.2, 0) is 0 Å². The van der Waals surface area contributed by atoms with E-state index in [4.69, 9.17) is 5.11 Å². The van der Waals surface area contributed by atoms with E-state index in [2.05, 4.69) is 10.3 Å². The number of hydrogen-bond donors (Lipinski definition) is 3. The van der Waals surface area contributed by atoms with Crippen LogP contribution in [0.2, 0.25) is 0 Å². The molecule has 0 saturated heterocycles. The molecule has 5 heteroatoms. The maximum atomic E-state index is 11.8. The van der Waals surface area contributed by atoms with E-state index in [1.165, 1.54) is 6.92 Å². The van der Waals surface area contributed by atoms with E-state index in [1.54, 1.807) is 19.1 Å². The van der Waals surface area contributed by atoms with Gasteiger partial charge in [0.05, 0.1) is 17.9 Å². The molecule has 1 amide bonds. The number of aliphatic hydroxyl groups excluding tert-OH is 1. The van der Waals surface area contributed by atoms with Crippen LogP contribution in [0.1, 0.15) is 28.7 Å². The fourth-order valence-electron chi connectivity index (χ4n) is 1.35. The van der Waals surface area contributed by atoms with Crippen molar-refractivity contribution in [3.63, 3.8) is 0 Å². The van der Waals surface area contributed by atoms with Gasteiger partial charge in [0.15, 0.2) is 0 Å². The maximum absolute atomic E-state index is 11.8. The summed E-state index contributed by atoms with van der Waals surface area (Å²) >= 11 is 0. The zero-order valence-electron chi connectivity index (χ0n) is 10.3. The van der Waals surface area contributed by atoms with E-state index in [9.17, 15) is 9.90 Å². The summed E-state index contributed by atoms with van der Waals surface area (Å²) in [5.41, 5.74) is 0.665. The first kappa shape index (κ1) is 13.6. The van der Waals surface area contributed by atoms with Crippen molar-refractivity contribution in [2.45, 2.75) is 26.4 Å². The normalized spacial score (nSPS) is 14.2. The van der Waals surface area contributed by atoms with Crippen LogP contribution in [0.4, 0.5) is 0 Å². The third-order valence-electron chi connectivity index (χ3n) is 2.44. The van der Waals surface area contributed by atoms with Gasteiger partial charge in [-0.15, -0.1) is 0 Å². The lowest BCUT2D eigenvalue weighted by molar-refractivity contribution is 0.00319. The molecule has 1 atom stereocenters. The molecule has 0 spiro atoms. The first-order valence-electron chi connectivity index (χ1n) is 5.41. The smallest absolute Gasteiger partial charge is 0.253 e. The quantitative estimate of drug-likeness (QED) is 0.698. The number of aromatic nitrogens is 1. The summed E-state index contributed by atoms with van der Waals surface area (Å²) < 4.78 is 0. The van der Waals surface area contributed by atoms with Crippen LogP contribution >= 0.6 is 0 Å². The summed E-state index contributed by atoms with van der Waals surface area (Å²) in [5.74, 6) is -0.302. The van der Waals surface area contributed by atoms with Crippen LogP contribution in [0.15, 0.2) is 12.1 Å². The van der Waals surface area contributed by atoms with E-state index >= 15 is 0 Å². The van der Waals surface area contributed by atoms with Crippen molar-refractivity contribution in [1.29, 1.82) is 0 Å². The van der Waals surface area contributed by atoms with Gasteiger partial charge in [0.25, 0.3) is 5.91 Å². The van der Waals surface area contributed by atoms with Gasteiger partial charge in [-0.3, -0.25) is 9.78 Å². The predicted octanol–water partition coefficient (Wildman–Crippen LogP) is 0.172. The van der Waals surface area contributed by atoms with Crippen molar-refractivity contribution in [3.8, 4) is 0 Å². The number of aliphatic hydroxyl groups is 2. The van der Waals surface area contributed by atoms with Gasteiger partial charge < -0.3 is 15.5 Å². The lowest BCUT2D eigenvalue weighted by atomic mass is 10.1. The van der Waals surface area contributed by atoms with Gasteiger partial charge in [-0.2, -0.15) is 0 Å². The number of nitrogens with one attached hydrogen (secondary N) is 1. The fourth-order valence-corrected chi connectivity index (χ4v) is 1.35. The Balaban J connectivity index is 2.71. The molecule has 0 aliphatic rings. The van der Waals surface area contributed by atoms with Crippen molar-refractivity contribution >= 4 is 5.91 Å². The van der Waals surface area contributed by atoms with Crippen LogP contribution in [0.25, 0.3) is 0 Å².